The molecule has 0 radical (unpaired) electrons. The van der Waals surface area contributed by atoms with Gasteiger partial charge in [-0.1, -0.05) is 36.9 Å². The van der Waals surface area contributed by atoms with Crippen molar-refractivity contribution in [2.45, 2.75) is 19.6 Å². The molecule has 0 N–H and O–H groups in total. The summed E-state index contributed by atoms with van der Waals surface area (Å²) in [4.78, 5) is 11.8. The van der Waals surface area contributed by atoms with Crippen molar-refractivity contribution in [2.75, 3.05) is 0 Å². The second-order valence-electron chi connectivity index (χ2n) is 4.33. The Kier molecular flexibility index (Phi) is 3.47. The molecule has 0 aliphatic heterocycles. The molecular formula is C12H16O2Si. The van der Waals surface area contributed by atoms with E-state index in [1.54, 1.807) is 12.1 Å². The molecule has 15 heavy (non-hydrogen) atoms. The average Bonchev–Trinajstić information content (AvgIpc) is 2.15. The Balaban J connectivity index is 2.75. The van der Waals surface area contributed by atoms with Gasteiger partial charge in [0.05, 0.1) is 0 Å². The molecule has 1 aromatic rings. The molecule has 0 aromatic heterocycles. The normalized spacial score (nSPS) is 10.9. The van der Waals surface area contributed by atoms with E-state index in [2.05, 4.69) is 6.58 Å². The minimum absolute atomic E-state index is 0.127. The summed E-state index contributed by atoms with van der Waals surface area (Å²) in [5, 5.41) is 0. The first kappa shape index (κ1) is 11.7. The first-order chi connectivity index (χ1) is 6.90. The van der Waals surface area contributed by atoms with E-state index in [1.165, 1.54) is 0 Å². The Bertz CT molecular complexity index is 363. The van der Waals surface area contributed by atoms with Crippen LogP contribution in [0.4, 0.5) is 0 Å². The van der Waals surface area contributed by atoms with Crippen molar-refractivity contribution < 1.29 is 9.22 Å². The third-order valence-corrected chi connectivity index (χ3v) is 2.58. The summed E-state index contributed by atoms with van der Waals surface area (Å²) >= 11 is 0. The minimum Gasteiger partial charge on any atom is -0.542 e. The minimum atomic E-state index is -1.74. The summed E-state index contributed by atoms with van der Waals surface area (Å²) < 4.78 is 5.55. The highest BCUT2D eigenvalue weighted by Crippen LogP contribution is 2.13. The maximum atomic E-state index is 11.8. The summed E-state index contributed by atoms with van der Waals surface area (Å²) in [5.41, 5.74) is 0.626. The topological polar surface area (TPSA) is 26.3 Å². The maximum absolute atomic E-state index is 11.8. The summed E-state index contributed by atoms with van der Waals surface area (Å²) in [6.45, 7) is 9.75. The van der Waals surface area contributed by atoms with Crippen molar-refractivity contribution in [1.29, 1.82) is 0 Å². The SMILES string of the molecule is C=C(O[Si](C)(C)C)C(=O)c1ccccc1. The number of carbonyl (C=O) groups is 1. The predicted molar refractivity (Wildman–Crippen MR) is 64.3 cm³/mol. The lowest BCUT2D eigenvalue weighted by atomic mass is 10.1. The Hall–Kier alpha value is -1.35. The van der Waals surface area contributed by atoms with Crippen LogP contribution in [-0.4, -0.2) is 14.1 Å². The van der Waals surface area contributed by atoms with Crippen LogP contribution >= 0.6 is 0 Å². The summed E-state index contributed by atoms with van der Waals surface area (Å²) in [7, 11) is -1.74. The monoisotopic (exact) mass is 220 g/mol. The molecule has 3 heteroatoms. The molecule has 0 aliphatic rings. The molecular weight excluding hydrogens is 204 g/mol. The van der Waals surface area contributed by atoms with Gasteiger partial charge in [-0.3, -0.25) is 4.79 Å². The number of Topliss-reactive ketones (excluding diaryl/α,β-unsaturated/α-hetero) is 1. The molecule has 0 saturated carbocycles. The van der Waals surface area contributed by atoms with Gasteiger partial charge in [-0.2, -0.15) is 0 Å². The first-order valence-electron chi connectivity index (χ1n) is 4.88. The number of rotatable bonds is 4. The fourth-order valence-corrected chi connectivity index (χ4v) is 2.00. The predicted octanol–water partition coefficient (Wildman–Crippen LogP) is 3.23. The van der Waals surface area contributed by atoms with Crippen molar-refractivity contribution in [3.63, 3.8) is 0 Å². The molecule has 1 aromatic carbocycles. The van der Waals surface area contributed by atoms with Crippen LogP contribution in [0.25, 0.3) is 0 Å². The quantitative estimate of drug-likeness (QED) is 0.337. The van der Waals surface area contributed by atoms with Crippen LogP contribution in [0.5, 0.6) is 0 Å². The standard InChI is InChI=1S/C12H16O2Si/c1-10(14-15(2,3)4)12(13)11-8-6-5-7-9-11/h5-9H,1H2,2-4H3. The van der Waals surface area contributed by atoms with Crippen LogP contribution in [0, 0.1) is 0 Å². The van der Waals surface area contributed by atoms with Gasteiger partial charge in [0.1, 0.15) is 5.76 Å². The van der Waals surface area contributed by atoms with Crippen molar-refractivity contribution in [3.8, 4) is 0 Å². The molecule has 0 fully saturated rings. The van der Waals surface area contributed by atoms with E-state index in [0.717, 1.165) is 0 Å². The van der Waals surface area contributed by atoms with E-state index in [0.29, 0.717) is 5.56 Å². The molecule has 0 heterocycles. The van der Waals surface area contributed by atoms with Crippen LogP contribution in [0.15, 0.2) is 42.7 Å². The molecule has 0 aliphatic carbocycles. The van der Waals surface area contributed by atoms with Crippen molar-refractivity contribution >= 4 is 14.1 Å². The highest BCUT2D eigenvalue weighted by molar-refractivity contribution is 6.70. The second-order valence-corrected chi connectivity index (χ2v) is 8.76. The lowest BCUT2D eigenvalue weighted by molar-refractivity contribution is 0.0984. The molecule has 0 saturated heterocycles. The van der Waals surface area contributed by atoms with E-state index in [4.69, 9.17) is 4.43 Å². The molecule has 0 bridgehead atoms. The molecule has 0 unspecified atom stereocenters. The molecule has 80 valence electrons. The number of hydrogen-bond acceptors (Lipinski definition) is 2. The van der Waals surface area contributed by atoms with Crippen LogP contribution in [0.2, 0.25) is 19.6 Å². The zero-order valence-electron chi connectivity index (χ0n) is 9.41. The van der Waals surface area contributed by atoms with Crippen LogP contribution in [-0.2, 0) is 4.43 Å². The average molecular weight is 220 g/mol. The van der Waals surface area contributed by atoms with Gasteiger partial charge in [-0.15, -0.1) is 0 Å². The number of ketones is 1. The van der Waals surface area contributed by atoms with Gasteiger partial charge in [0.15, 0.2) is 0 Å². The van der Waals surface area contributed by atoms with Crippen LogP contribution in [0.3, 0.4) is 0 Å². The molecule has 0 amide bonds. The van der Waals surface area contributed by atoms with E-state index >= 15 is 0 Å². The van der Waals surface area contributed by atoms with E-state index < -0.39 is 8.32 Å². The summed E-state index contributed by atoms with van der Waals surface area (Å²) in [6.07, 6.45) is 0. The number of hydrogen-bond donors (Lipinski definition) is 0. The van der Waals surface area contributed by atoms with Crippen LogP contribution in [0.1, 0.15) is 10.4 Å². The van der Waals surface area contributed by atoms with Gasteiger partial charge in [-0.05, 0) is 19.6 Å². The van der Waals surface area contributed by atoms with Gasteiger partial charge in [-0.25, -0.2) is 0 Å². The lowest BCUT2D eigenvalue weighted by Gasteiger charge is -2.19. The smallest absolute Gasteiger partial charge is 0.242 e. The molecule has 2 nitrogen and oxygen atoms in total. The Morgan fingerprint density at radius 2 is 1.73 bits per heavy atom. The second kappa shape index (κ2) is 4.44. The lowest BCUT2D eigenvalue weighted by Crippen LogP contribution is -2.27. The highest BCUT2D eigenvalue weighted by Gasteiger charge is 2.20. The van der Waals surface area contributed by atoms with Crippen LogP contribution < -0.4 is 0 Å². The van der Waals surface area contributed by atoms with E-state index in [-0.39, 0.29) is 11.5 Å². The molecule has 1 rings (SSSR count). The number of allylic oxidation sites excluding steroid dienone is 1. The summed E-state index contributed by atoms with van der Waals surface area (Å²) in [5.74, 6) is 0.124. The Morgan fingerprint density at radius 3 is 2.20 bits per heavy atom. The largest absolute Gasteiger partial charge is 0.542 e. The van der Waals surface area contributed by atoms with E-state index in [9.17, 15) is 4.79 Å². The summed E-state index contributed by atoms with van der Waals surface area (Å²) in [6, 6.07) is 9.06. The van der Waals surface area contributed by atoms with Gasteiger partial charge in [0.2, 0.25) is 14.1 Å². The zero-order chi connectivity index (χ0) is 11.5. The first-order valence-corrected chi connectivity index (χ1v) is 8.28. The Labute approximate surface area is 91.7 Å². The fourth-order valence-electron chi connectivity index (χ4n) is 1.17. The fraction of sp³-hybridized carbons (Fsp3) is 0.250. The van der Waals surface area contributed by atoms with Gasteiger partial charge in [0, 0.05) is 5.56 Å². The maximum Gasteiger partial charge on any atom is 0.242 e. The Morgan fingerprint density at radius 1 is 1.20 bits per heavy atom. The van der Waals surface area contributed by atoms with Gasteiger partial charge in [0.25, 0.3) is 0 Å². The van der Waals surface area contributed by atoms with Crippen molar-refractivity contribution in [1.82, 2.24) is 0 Å². The molecule has 0 atom stereocenters. The van der Waals surface area contributed by atoms with Crippen molar-refractivity contribution in [2.24, 2.45) is 0 Å². The number of carbonyl (C=O) groups excluding carboxylic acids is 1. The zero-order valence-corrected chi connectivity index (χ0v) is 10.4. The van der Waals surface area contributed by atoms with E-state index in [1.807, 2.05) is 37.8 Å². The third-order valence-electron chi connectivity index (χ3n) is 1.72. The number of benzene rings is 1. The van der Waals surface area contributed by atoms with Crippen molar-refractivity contribution in [3.05, 3.63) is 48.2 Å². The third kappa shape index (κ3) is 3.71. The van der Waals surface area contributed by atoms with Gasteiger partial charge < -0.3 is 4.43 Å². The van der Waals surface area contributed by atoms with Gasteiger partial charge >= 0.3 is 0 Å². The molecule has 0 spiro atoms. The highest BCUT2D eigenvalue weighted by atomic mass is 28.4.